The second-order valence-electron chi connectivity index (χ2n) is 4.14. The summed E-state index contributed by atoms with van der Waals surface area (Å²) in [7, 11) is 1.38. The van der Waals surface area contributed by atoms with Crippen molar-refractivity contribution in [1.29, 1.82) is 0 Å². The number of hydrogen-bond donors (Lipinski definition) is 1. The molecule has 2 aromatic rings. The number of anilines is 1. The van der Waals surface area contributed by atoms with Crippen LogP contribution in [0.3, 0.4) is 0 Å². The first-order valence-electron chi connectivity index (χ1n) is 6.46. The van der Waals surface area contributed by atoms with Crippen LogP contribution in [0, 0.1) is 0 Å². The van der Waals surface area contributed by atoms with Gasteiger partial charge in [-0.1, -0.05) is 24.3 Å². The molecule has 2 aromatic heterocycles. The number of nitrogens with zero attached hydrogens (tertiary/aromatic N) is 2. The molecule has 0 saturated heterocycles. The van der Waals surface area contributed by atoms with Gasteiger partial charge >= 0.3 is 5.97 Å². The van der Waals surface area contributed by atoms with Crippen molar-refractivity contribution in [3.05, 3.63) is 40.7 Å². The molecule has 0 amide bonds. The van der Waals surface area contributed by atoms with Crippen molar-refractivity contribution in [3.63, 3.8) is 0 Å². The largest absolute Gasteiger partial charge is 0.465 e. The summed E-state index contributed by atoms with van der Waals surface area (Å²) in [6.07, 6.45) is 3.31. The first-order valence-corrected chi connectivity index (χ1v) is 7.28. The molecule has 5 nitrogen and oxygen atoms in total. The van der Waals surface area contributed by atoms with E-state index in [9.17, 15) is 4.79 Å². The average molecular weight is 291 g/mol. The van der Waals surface area contributed by atoms with Gasteiger partial charge in [0.05, 0.1) is 12.8 Å². The van der Waals surface area contributed by atoms with Crippen molar-refractivity contribution in [2.45, 2.75) is 19.8 Å². The Labute approximate surface area is 122 Å². The number of carbonyl (C=O) groups is 1. The topological polar surface area (TPSA) is 64.1 Å². The monoisotopic (exact) mass is 291 g/mol. The van der Waals surface area contributed by atoms with Crippen molar-refractivity contribution < 1.29 is 9.53 Å². The summed E-state index contributed by atoms with van der Waals surface area (Å²) in [5.41, 5.74) is 1.81. The molecule has 0 radical (unpaired) electrons. The third-order valence-electron chi connectivity index (χ3n) is 2.79. The maximum absolute atomic E-state index is 11.6. The van der Waals surface area contributed by atoms with E-state index in [0.29, 0.717) is 11.3 Å². The predicted molar refractivity (Wildman–Crippen MR) is 79.3 cm³/mol. The number of pyridine rings is 1. The molecule has 0 aliphatic rings. The first kappa shape index (κ1) is 14.5. The van der Waals surface area contributed by atoms with Crippen molar-refractivity contribution in [2.75, 3.05) is 19.0 Å². The molecule has 0 saturated carbocycles. The number of methoxy groups -OCH3 is 1. The van der Waals surface area contributed by atoms with Gasteiger partial charge < -0.3 is 10.1 Å². The van der Waals surface area contributed by atoms with Crippen molar-refractivity contribution >= 4 is 22.4 Å². The van der Waals surface area contributed by atoms with Crippen LogP contribution in [-0.2, 0) is 17.6 Å². The van der Waals surface area contributed by atoms with Gasteiger partial charge in [0.15, 0.2) is 5.13 Å². The maximum atomic E-state index is 11.6. The number of nitrogens with one attached hydrogen (secondary N) is 1. The number of rotatable bonds is 6. The van der Waals surface area contributed by atoms with E-state index in [0.717, 1.165) is 29.5 Å². The summed E-state index contributed by atoms with van der Waals surface area (Å²) in [5.74, 6) is -0.322. The molecule has 6 heteroatoms. The normalized spacial score (nSPS) is 10.3. The fourth-order valence-corrected chi connectivity index (χ4v) is 2.76. The molecule has 2 rings (SSSR count). The van der Waals surface area contributed by atoms with Gasteiger partial charge in [-0.15, -0.1) is 0 Å². The Balaban J connectivity index is 1.96. The number of hydrogen-bond acceptors (Lipinski definition) is 6. The van der Waals surface area contributed by atoms with Crippen LogP contribution in [-0.4, -0.2) is 29.6 Å². The van der Waals surface area contributed by atoms with Crippen molar-refractivity contribution in [2.24, 2.45) is 0 Å². The molecule has 20 heavy (non-hydrogen) atoms. The highest BCUT2D eigenvalue weighted by atomic mass is 32.1. The summed E-state index contributed by atoms with van der Waals surface area (Å²) < 4.78 is 4.76. The lowest BCUT2D eigenvalue weighted by Gasteiger charge is -2.01. The third-order valence-corrected chi connectivity index (χ3v) is 3.82. The molecule has 106 valence electrons. The van der Waals surface area contributed by atoms with E-state index in [2.05, 4.69) is 15.3 Å². The molecule has 2 heterocycles. The van der Waals surface area contributed by atoms with E-state index in [1.807, 2.05) is 25.1 Å². The summed E-state index contributed by atoms with van der Waals surface area (Å²) in [4.78, 5) is 20.9. The van der Waals surface area contributed by atoms with Gasteiger partial charge in [0.1, 0.15) is 4.88 Å². The van der Waals surface area contributed by atoms with E-state index in [1.165, 1.54) is 18.4 Å². The van der Waals surface area contributed by atoms with Crippen LogP contribution in [0.25, 0.3) is 0 Å². The lowest BCUT2D eigenvalue weighted by Crippen LogP contribution is -2.05. The summed E-state index contributed by atoms with van der Waals surface area (Å²) in [5, 5.41) is 3.98. The van der Waals surface area contributed by atoms with E-state index < -0.39 is 0 Å². The molecular weight excluding hydrogens is 274 g/mol. The van der Waals surface area contributed by atoms with Crippen LogP contribution < -0.4 is 5.32 Å². The number of thiazole rings is 1. The zero-order chi connectivity index (χ0) is 14.4. The molecule has 0 aromatic carbocycles. The fourth-order valence-electron chi connectivity index (χ4n) is 1.76. The van der Waals surface area contributed by atoms with E-state index in [1.54, 1.807) is 6.20 Å². The molecule has 0 atom stereocenters. The molecule has 0 aliphatic heterocycles. The van der Waals surface area contributed by atoms with Crippen molar-refractivity contribution in [3.8, 4) is 0 Å². The van der Waals surface area contributed by atoms with Gasteiger partial charge in [0.25, 0.3) is 0 Å². The Morgan fingerprint density at radius 3 is 2.95 bits per heavy atom. The Bertz CT molecular complexity index is 569. The number of ether oxygens (including phenoxy) is 1. The van der Waals surface area contributed by atoms with Gasteiger partial charge in [0, 0.05) is 24.9 Å². The summed E-state index contributed by atoms with van der Waals surface area (Å²) >= 11 is 1.33. The zero-order valence-corrected chi connectivity index (χ0v) is 12.4. The molecule has 0 aliphatic carbocycles. The van der Waals surface area contributed by atoms with E-state index in [4.69, 9.17) is 4.74 Å². The standard InChI is InChI=1S/C14H17N3O2S/c1-3-11-12(13(18)19-2)20-14(17-11)16-9-7-10-6-4-5-8-15-10/h4-6,8H,3,7,9H2,1-2H3,(H,16,17). The summed E-state index contributed by atoms with van der Waals surface area (Å²) in [6.45, 7) is 2.70. The molecule has 0 spiro atoms. The third kappa shape index (κ3) is 3.54. The fraction of sp³-hybridized carbons (Fsp3) is 0.357. The highest BCUT2D eigenvalue weighted by Crippen LogP contribution is 2.24. The quantitative estimate of drug-likeness (QED) is 0.829. The van der Waals surface area contributed by atoms with Crippen molar-refractivity contribution in [1.82, 2.24) is 9.97 Å². The molecule has 0 unspecified atom stereocenters. The van der Waals surface area contributed by atoms with Gasteiger partial charge in [0.2, 0.25) is 0 Å². The van der Waals surface area contributed by atoms with Gasteiger partial charge in [-0.05, 0) is 18.6 Å². The van der Waals surface area contributed by atoms with Crippen LogP contribution in [0.4, 0.5) is 5.13 Å². The van der Waals surface area contributed by atoms with Gasteiger partial charge in [-0.25, -0.2) is 9.78 Å². The average Bonchev–Trinajstić information content (AvgIpc) is 2.91. The Hall–Kier alpha value is -1.95. The van der Waals surface area contributed by atoms with Crippen LogP contribution in [0.2, 0.25) is 0 Å². The summed E-state index contributed by atoms with van der Waals surface area (Å²) in [6, 6.07) is 5.85. The lowest BCUT2D eigenvalue weighted by atomic mass is 10.3. The second kappa shape index (κ2) is 7.00. The number of carbonyl (C=O) groups excluding carboxylic acids is 1. The highest BCUT2D eigenvalue weighted by molar-refractivity contribution is 7.17. The minimum atomic E-state index is -0.322. The maximum Gasteiger partial charge on any atom is 0.350 e. The zero-order valence-electron chi connectivity index (χ0n) is 11.5. The van der Waals surface area contributed by atoms with Crippen LogP contribution in [0.5, 0.6) is 0 Å². The number of aromatic nitrogens is 2. The molecular formula is C14H17N3O2S. The lowest BCUT2D eigenvalue weighted by molar-refractivity contribution is 0.0605. The van der Waals surface area contributed by atoms with Gasteiger partial charge in [-0.3, -0.25) is 4.98 Å². The smallest absolute Gasteiger partial charge is 0.350 e. The molecule has 1 N–H and O–H groups in total. The Morgan fingerprint density at radius 2 is 2.30 bits per heavy atom. The number of esters is 1. The minimum absolute atomic E-state index is 0.322. The Morgan fingerprint density at radius 1 is 1.45 bits per heavy atom. The van der Waals surface area contributed by atoms with Gasteiger partial charge in [-0.2, -0.15) is 0 Å². The number of aryl methyl sites for hydroxylation is 1. The van der Waals surface area contributed by atoms with E-state index >= 15 is 0 Å². The highest BCUT2D eigenvalue weighted by Gasteiger charge is 2.17. The van der Waals surface area contributed by atoms with Crippen LogP contribution >= 0.6 is 11.3 Å². The molecule has 0 bridgehead atoms. The van der Waals surface area contributed by atoms with Crippen LogP contribution in [0.1, 0.15) is 28.0 Å². The SMILES string of the molecule is CCc1nc(NCCc2ccccn2)sc1C(=O)OC. The van der Waals surface area contributed by atoms with E-state index in [-0.39, 0.29) is 5.97 Å². The minimum Gasteiger partial charge on any atom is -0.465 e. The second-order valence-corrected chi connectivity index (χ2v) is 5.14. The molecule has 0 fully saturated rings. The predicted octanol–water partition coefficient (Wildman–Crippen LogP) is 2.54. The first-order chi connectivity index (χ1) is 9.74. The Kier molecular flexibility index (Phi) is 5.06. The van der Waals surface area contributed by atoms with Crippen LogP contribution in [0.15, 0.2) is 24.4 Å².